The van der Waals surface area contributed by atoms with Crippen molar-refractivity contribution in [1.29, 1.82) is 0 Å². The summed E-state index contributed by atoms with van der Waals surface area (Å²) in [6, 6.07) is 5.77. The zero-order chi connectivity index (χ0) is 18.0. The summed E-state index contributed by atoms with van der Waals surface area (Å²) in [5, 5.41) is 3.68. The van der Waals surface area contributed by atoms with Crippen LogP contribution in [0.4, 0.5) is 5.69 Å². The maximum absolute atomic E-state index is 12.3. The van der Waals surface area contributed by atoms with Crippen molar-refractivity contribution in [2.45, 2.75) is 25.8 Å². The average molecular weight is 376 g/mol. The predicted octanol–water partition coefficient (Wildman–Crippen LogP) is 3.36. The molecule has 1 aromatic heterocycles. The number of aliphatic imine (C=N–C) groups is 1. The Kier molecular flexibility index (Phi) is 4.96. The van der Waals surface area contributed by atoms with Crippen LogP contribution in [0.5, 0.6) is 0 Å². The molecule has 0 spiro atoms. The van der Waals surface area contributed by atoms with Crippen LogP contribution >= 0.6 is 23.4 Å². The third kappa shape index (κ3) is 3.93. The molecule has 0 saturated heterocycles. The first-order chi connectivity index (χ1) is 11.9. The number of aryl methyl sites for hydroxylation is 1. The van der Waals surface area contributed by atoms with Gasteiger partial charge in [0.05, 0.1) is 17.9 Å². The number of hydrogen-bond donors (Lipinski definition) is 2. The number of hydrogen-bond acceptors (Lipinski definition) is 6. The second kappa shape index (κ2) is 7.01. The highest BCUT2D eigenvalue weighted by molar-refractivity contribution is 8.13. The molecule has 130 valence electrons. The Morgan fingerprint density at radius 1 is 1.36 bits per heavy atom. The molecule has 1 amide bonds. The Balaban J connectivity index is 1.88. The zero-order valence-corrected chi connectivity index (χ0v) is 15.5. The minimum Gasteiger partial charge on any atom is -0.379 e. The SMILES string of the molecule is Cc1ccc(NC(=O)c2cnc(Cl)cn2)cc1C1(C)CCSC(N)=N1. The van der Waals surface area contributed by atoms with Crippen LogP contribution in [0.15, 0.2) is 35.6 Å². The van der Waals surface area contributed by atoms with Gasteiger partial charge in [0.25, 0.3) is 5.91 Å². The third-order valence-corrected chi connectivity index (χ3v) is 5.11. The summed E-state index contributed by atoms with van der Waals surface area (Å²) < 4.78 is 0. The molecule has 2 aromatic rings. The summed E-state index contributed by atoms with van der Waals surface area (Å²) in [5.41, 5.74) is 8.57. The molecule has 1 aromatic carbocycles. The van der Waals surface area contributed by atoms with Crippen LogP contribution in [0.3, 0.4) is 0 Å². The number of thioether (sulfide) groups is 1. The van der Waals surface area contributed by atoms with Crippen molar-refractivity contribution in [3.8, 4) is 0 Å². The molecule has 25 heavy (non-hydrogen) atoms. The molecular formula is C17H18ClN5OS. The van der Waals surface area contributed by atoms with E-state index in [1.165, 1.54) is 12.4 Å². The van der Waals surface area contributed by atoms with Gasteiger partial charge in [0.2, 0.25) is 0 Å². The monoisotopic (exact) mass is 375 g/mol. The molecule has 0 saturated carbocycles. The molecule has 8 heteroatoms. The molecule has 1 aliphatic heterocycles. The van der Waals surface area contributed by atoms with Crippen molar-refractivity contribution < 1.29 is 4.79 Å². The Labute approximate surface area is 155 Å². The summed E-state index contributed by atoms with van der Waals surface area (Å²) in [6.45, 7) is 4.10. The number of amides is 1. The maximum Gasteiger partial charge on any atom is 0.275 e. The number of nitrogens with two attached hydrogens (primary N) is 1. The minimum atomic E-state index is -0.389. The van der Waals surface area contributed by atoms with Crippen LogP contribution in [0.25, 0.3) is 0 Å². The fourth-order valence-electron chi connectivity index (χ4n) is 2.79. The van der Waals surface area contributed by atoms with E-state index in [9.17, 15) is 4.79 Å². The molecule has 2 heterocycles. The zero-order valence-electron chi connectivity index (χ0n) is 13.9. The molecule has 1 unspecified atom stereocenters. The van der Waals surface area contributed by atoms with Gasteiger partial charge in [0.15, 0.2) is 5.17 Å². The maximum atomic E-state index is 12.3. The van der Waals surface area contributed by atoms with Crippen molar-refractivity contribution in [3.63, 3.8) is 0 Å². The summed E-state index contributed by atoms with van der Waals surface area (Å²) in [6.07, 6.45) is 3.58. The average Bonchev–Trinajstić information content (AvgIpc) is 2.57. The van der Waals surface area contributed by atoms with E-state index in [2.05, 4.69) is 27.2 Å². The van der Waals surface area contributed by atoms with Crippen molar-refractivity contribution in [3.05, 3.63) is 52.6 Å². The largest absolute Gasteiger partial charge is 0.379 e. The molecule has 0 fully saturated rings. The number of nitrogens with zero attached hydrogens (tertiary/aromatic N) is 3. The van der Waals surface area contributed by atoms with Crippen LogP contribution in [-0.2, 0) is 5.54 Å². The Morgan fingerprint density at radius 3 is 2.84 bits per heavy atom. The van der Waals surface area contributed by atoms with Crippen LogP contribution in [0.1, 0.15) is 35.0 Å². The highest BCUT2D eigenvalue weighted by Gasteiger charge is 2.31. The van der Waals surface area contributed by atoms with Gasteiger partial charge in [-0.3, -0.25) is 9.79 Å². The van der Waals surface area contributed by atoms with E-state index in [-0.39, 0.29) is 22.3 Å². The number of rotatable bonds is 3. The highest BCUT2D eigenvalue weighted by Crippen LogP contribution is 2.37. The van der Waals surface area contributed by atoms with E-state index in [1.54, 1.807) is 11.8 Å². The van der Waals surface area contributed by atoms with Gasteiger partial charge in [-0.1, -0.05) is 29.4 Å². The van der Waals surface area contributed by atoms with E-state index in [0.717, 1.165) is 23.3 Å². The number of aromatic nitrogens is 2. The van der Waals surface area contributed by atoms with E-state index in [4.69, 9.17) is 17.3 Å². The molecule has 1 aliphatic rings. The van der Waals surface area contributed by atoms with E-state index in [0.29, 0.717) is 10.9 Å². The number of benzene rings is 1. The van der Waals surface area contributed by atoms with Crippen LogP contribution in [0.2, 0.25) is 5.15 Å². The smallest absolute Gasteiger partial charge is 0.275 e. The number of carbonyl (C=O) groups excluding carboxylic acids is 1. The molecule has 3 rings (SSSR count). The van der Waals surface area contributed by atoms with Gasteiger partial charge in [-0.15, -0.1) is 0 Å². The van der Waals surface area contributed by atoms with Crippen molar-refractivity contribution >= 4 is 40.1 Å². The van der Waals surface area contributed by atoms with Gasteiger partial charge in [-0.2, -0.15) is 0 Å². The number of carbonyl (C=O) groups is 1. The highest BCUT2D eigenvalue weighted by atomic mass is 35.5. The van der Waals surface area contributed by atoms with Gasteiger partial charge in [-0.05, 0) is 43.5 Å². The normalized spacial score (nSPS) is 20.0. The summed E-state index contributed by atoms with van der Waals surface area (Å²) >= 11 is 7.26. The predicted molar refractivity (Wildman–Crippen MR) is 102 cm³/mol. The lowest BCUT2D eigenvalue weighted by atomic mass is 9.86. The van der Waals surface area contributed by atoms with E-state index >= 15 is 0 Å². The third-order valence-electron chi connectivity index (χ3n) is 4.12. The number of anilines is 1. The molecule has 1 atom stereocenters. The number of halogens is 1. The molecule has 0 radical (unpaired) electrons. The summed E-state index contributed by atoms with van der Waals surface area (Å²) in [7, 11) is 0. The van der Waals surface area contributed by atoms with Crippen LogP contribution in [-0.4, -0.2) is 26.8 Å². The van der Waals surface area contributed by atoms with Gasteiger partial charge in [0, 0.05) is 11.4 Å². The Morgan fingerprint density at radius 2 is 2.16 bits per heavy atom. The van der Waals surface area contributed by atoms with Crippen LogP contribution in [0, 0.1) is 6.92 Å². The Hall–Kier alpha value is -2.12. The fraction of sp³-hybridized carbons (Fsp3) is 0.294. The van der Waals surface area contributed by atoms with Crippen molar-refractivity contribution in [1.82, 2.24) is 9.97 Å². The minimum absolute atomic E-state index is 0.203. The fourth-order valence-corrected chi connectivity index (χ4v) is 3.86. The van der Waals surface area contributed by atoms with Gasteiger partial charge in [0.1, 0.15) is 10.8 Å². The topological polar surface area (TPSA) is 93.3 Å². The van der Waals surface area contributed by atoms with E-state index in [1.807, 2.05) is 25.1 Å². The molecule has 0 bridgehead atoms. The van der Waals surface area contributed by atoms with E-state index < -0.39 is 0 Å². The summed E-state index contributed by atoms with van der Waals surface area (Å²) in [4.78, 5) is 24.8. The first-order valence-corrected chi connectivity index (χ1v) is 9.12. The van der Waals surface area contributed by atoms with Gasteiger partial charge >= 0.3 is 0 Å². The number of nitrogens with one attached hydrogen (secondary N) is 1. The van der Waals surface area contributed by atoms with Crippen LogP contribution < -0.4 is 11.1 Å². The first kappa shape index (κ1) is 17.7. The first-order valence-electron chi connectivity index (χ1n) is 7.75. The Bertz CT molecular complexity index is 839. The molecule has 6 nitrogen and oxygen atoms in total. The molecule has 3 N–H and O–H groups in total. The summed E-state index contributed by atoms with van der Waals surface area (Å²) in [5.74, 6) is 0.578. The second-order valence-corrected chi connectivity index (χ2v) is 7.53. The lowest BCUT2D eigenvalue weighted by Crippen LogP contribution is -2.29. The van der Waals surface area contributed by atoms with Crippen molar-refractivity contribution in [2.24, 2.45) is 10.7 Å². The quantitative estimate of drug-likeness (QED) is 0.857. The second-order valence-electron chi connectivity index (χ2n) is 6.03. The molecule has 0 aliphatic carbocycles. The van der Waals surface area contributed by atoms with Gasteiger partial charge < -0.3 is 11.1 Å². The molecular weight excluding hydrogens is 358 g/mol. The lowest BCUT2D eigenvalue weighted by molar-refractivity contribution is 0.102. The lowest BCUT2D eigenvalue weighted by Gasteiger charge is -2.31. The van der Waals surface area contributed by atoms with Gasteiger partial charge in [-0.25, -0.2) is 9.97 Å². The van der Waals surface area contributed by atoms with Crippen molar-refractivity contribution in [2.75, 3.05) is 11.1 Å². The number of amidine groups is 1. The standard InChI is InChI=1S/C17H18ClN5OS/c1-10-3-4-11(22-15(24)13-8-21-14(18)9-20-13)7-12(10)17(2)5-6-25-16(19)23-17/h3-4,7-9H,5-6H2,1-2H3,(H2,19,23)(H,22,24).